The zero-order chi connectivity index (χ0) is 15.9. The molecular formula is C13H22ClN3O4S. The number of ether oxygens (including phenoxy) is 1. The standard InChI is InChI=1S/C13H21N3O4S.ClH/c1-3-8-15-21(18,19)11-6-4-10(5-7-11)16-13(17)12(14)9-20-2;/h4-7,12,15H,3,8-9,14H2,1-2H3,(H,16,17);1H. The molecule has 1 atom stereocenters. The van der Waals surface area contributed by atoms with E-state index in [1.54, 1.807) is 0 Å². The molecule has 0 aliphatic rings. The number of carbonyl (C=O) groups is 1. The molecule has 0 heterocycles. The first-order valence-corrected chi connectivity index (χ1v) is 8.04. The summed E-state index contributed by atoms with van der Waals surface area (Å²) in [6.45, 7) is 2.37. The second-order valence-electron chi connectivity index (χ2n) is 4.47. The Bertz CT molecular complexity index is 563. The Morgan fingerprint density at radius 1 is 1.32 bits per heavy atom. The van der Waals surface area contributed by atoms with Gasteiger partial charge in [-0.1, -0.05) is 6.92 Å². The molecule has 0 fully saturated rings. The van der Waals surface area contributed by atoms with Crippen molar-refractivity contribution in [2.45, 2.75) is 24.3 Å². The highest BCUT2D eigenvalue weighted by Crippen LogP contribution is 2.14. The maximum absolute atomic E-state index is 11.9. The van der Waals surface area contributed by atoms with Crippen LogP contribution in [-0.4, -0.2) is 40.6 Å². The summed E-state index contributed by atoms with van der Waals surface area (Å²) in [5.74, 6) is -0.392. The molecule has 1 unspecified atom stereocenters. The van der Waals surface area contributed by atoms with Crippen LogP contribution in [0, 0.1) is 0 Å². The van der Waals surface area contributed by atoms with Crippen molar-refractivity contribution in [3.05, 3.63) is 24.3 Å². The second-order valence-corrected chi connectivity index (χ2v) is 6.24. The Kier molecular flexibility index (Phi) is 9.22. The number of halogens is 1. The average Bonchev–Trinajstić information content (AvgIpc) is 2.46. The van der Waals surface area contributed by atoms with Crippen LogP contribution in [0.2, 0.25) is 0 Å². The third-order valence-electron chi connectivity index (χ3n) is 2.66. The number of rotatable bonds is 8. The van der Waals surface area contributed by atoms with Crippen LogP contribution in [0.5, 0.6) is 0 Å². The number of carbonyl (C=O) groups excluding carboxylic acids is 1. The van der Waals surface area contributed by atoms with Crippen molar-refractivity contribution < 1.29 is 17.9 Å². The first-order chi connectivity index (χ1) is 9.90. The zero-order valence-corrected chi connectivity index (χ0v) is 14.2. The van der Waals surface area contributed by atoms with E-state index in [0.717, 1.165) is 0 Å². The molecule has 4 N–H and O–H groups in total. The normalized spacial score (nSPS) is 12.3. The van der Waals surface area contributed by atoms with Crippen LogP contribution < -0.4 is 15.8 Å². The van der Waals surface area contributed by atoms with Crippen molar-refractivity contribution in [2.24, 2.45) is 5.73 Å². The molecule has 0 bridgehead atoms. The summed E-state index contributed by atoms with van der Waals surface area (Å²) in [6, 6.07) is 5.10. The number of nitrogens with one attached hydrogen (secondary N) is 2. The van der Waals surface area contributed by atoms with Gasteiger partial charge in [0.05, 0.1) is 11.5 Å². The lowest BCUT2D eigenvalue weighted by Gasteiger charge is -2.11. The van der Waals surface area contributed by atoms with Crippen LogP contribution in [-0.2, 0) is 19.6 Å². The molecule has 22 heavy (non-hydrogen) atoms. The van der Waals surface area contributed by atoms with Gasteiger partial charge in [0, 0.05) is 19.3 Å². The maximum Gasteiger partial charge on any atom is 0.243 e. The molecule has 7 nitrogen and oxygen atoms in total. The van der Waals surface area contributed by atoms with Gasteiger partial charge >= 0.3 is 0 Å². The number of nitrogens with two attached hydrogens (primary N) is 1. The van der Waals surface area contributed by atoms with Crippen molar-refractivity contribution in [3.63, 3.8) is 0 Å². The monoisotopic (exact) mass is 351 g/mol. The Hall–Kier alpha value is -1.19. The smallest absolute Gasteiger partial charge is 0.243 e. The molecule has 0 spiro atoms. The number of methoxy groups -OCH3 is 1. The number of benzene rings is 1. The first-order valence-electron chi connectivity index (χ1n) is 6.55. The maximum atomic E-state index is 11.9. The Morgan fingerprint density at radius 3 is 2.41 bits per heavy atom. The topological polar surface area (TPSA) is 111 Å². The summed E-state index contributed by atoms with van der Waals surface area (Å²) in [6.07, 6.45) is 0.713. The van der Waals surface area contributed by atoms with Crippen molar-refractivity contribution >= 4 is 34.0 Å². The van der Waals surface area contributed by atoms with Gasteiger partial charge in [-0.2, -0.15) is 0 Å². The summed E-state index contributed by atoms with van der Waals surface area (Å²) in [5, 5.41) is 2.59. The van der Waals surface area contributed by atoms with Gasteiger partial charge in [0.15, 0.2) is 0 Å². The predicted octanol–water partition coefficient (Wildman–Crippen LogP) is 0.709. The number of amides is 1. The predicted molar refractivity (Wildman–Crippen MR) is 87.7 cm³/mol. The lowest BCUT2D eigenvalue weighted by Crippen LogP contribution is -2.39. The summed E-state index contributed by atoms with van der Waals surface area (Å²) in [7, 11) is -2.05. The van der Waals surface area contributed by atoms with Gasteiger partial charge in [-0.05, 0) is 30.7 Å². The zero-order valence-electron chi connectivity index (χ0n) is 12.5. The van der Waals surface area contributed by atoms with E-state index in [1.807, 2.05) is 6.92 Å². The molecule has 0 aliphatic heterocycles. The van der Waals surface area contributed by atoms with E-state index in [4.69, 9.17) is 10.5 Å². The second kappa shape index (κ2) is 9.75. The molecule has 0 aromatic heterocycles. The molecule has 0 radical (unpaired) electrons. The third-order valence-corrected chi connectivity index (χ3v) is 4.13. The lowest BCUT2D eigenvalue weighted by molar-refractivity contribution is -0.118. The molecule has 1 aromatic carbocycles. The SMILES string of the molecule is CCCNS(=O)(=O)c1ccc(NC(=O)C(N)COC)cc1.Cl. The number of hydrogen-bond acceptors (Lipinski definition) is 5. The summed E-state index contributed by atoms with van der Waals surface area (Å²) in [4.78, 5) is 11.8. The molecule has 0 saturated carbocycles. The minimum atomic E-state index is -3.50. The number of hydrogen-bond donors (Lipinski definition) is 3. The Labute approximate surface area is 137 Å². The van der Waals surface area contributed by atoms with Crippen LogP contribution in [0.25, 0.3) is 0 Å². The van der Waals surface area contributed by atoms with Gasteiger partial charge in [0.25, 0.3) is 0 Å². The minimum Gasteiger partial charge on any atom is -0.383 e. The molecular weight excluding hydrogens is 330 g/mol. The summed E-state index contributed by atoms with van der Waals surface area (Å²) < 4.78 is 31.0. The summed E-state index contributed by atoms with van der Waals surface area (Å²) >= 11 is 0. The van der Waals surface area contributed by atoms with Crippen molar-refractivity contribution in [1.82, 2.24) is 4.72 Å². The van der Waals surface area contributed by atoms with E-state index >= 15 is 0 Å². The molecule has 126 valence electrons. The van der Waals surface area contributed by atoms with E-state index in [0.29, 0.717) is 18.7 Å². The van der Waals surface area contributed by atoms with E-state index in [9.17, 15) is 13.2 Å². The minimum absolute atomic E-state index is 0. The Balaban J connectivity index is 0.00000441. The van der Waals surface area contributed by atoms with E-state index in [-0.39, 0.29) is 23.9 Å². The van der Waals surface area contributed by atoms with E-state index < -0.39 is 22.0 Å². The van der Waals surface area contributed by atoms with Gasteiger partial charge in [-0.3, -0.25) is 4.79 Å². The van der Waals surface area contributed by atoms with Gasteiger partial charge in [0.2, 0.25) is 15.9 Å². The highest BCUT2D eigenvalue weighted by Gasteiger charge is 2.15. The fraction of sp³-hybridized carbons (Fsp3) is 0.462. The van der Waals surface area contributed by atoms with Gasteiger partial charge in [-0.25, -0.2) is 13.1 Å². The van der Waals surface area contributed by atoms with Gasteiger partial charge < -0.3 is 15.8 Å². The van der Waals surface area contributed by atoms with Crippen LogP contribution in [0.4, 0.5) is 5.69 Å². The lowest BCUT2D eigenvalue weighted by atomic mass is 10.2. The fourth-order valence-electron chi connectivity index (χ4n) is 1.53. The molecule has 9 heteroatoms. The Morgan fingerprint density at radius 2 is 1.91 bits per heavy atom. The summed E-state index contributed by atoms with van der Waals surface area (Å²) in [5.41, 5.74) is 6.06. The van der Waals surface area contributed by atoms with E-state index in [1.165, 1.54) is 31.4 Å². The molecule has 1 rings (SSSR count). The fourth-order valence-corrected chi connectivity index (χ4v) is 2.66. The largest absolute Gasteiger partial charge is 0.383 e. The molecule has 1 amide bonds. The van der Waals surface area contributed by atoms with E-state index in [2.05, 4.69) is 10.0 Å². The highest BCUT2D eigenvalue weighted by atomic mass is 35.5. The number of sulfonamides is 1. The molecule has 0 aliphatic carbocycles. The average molecular weight is 352 g/mol. The first kappa shape index (κ1) is 20.8. The number of anilines is 1. The van der Waals surface area contributed by atoms with Crippen molar-refractivity contribution in [3.8, 4) is 0 Å². The van der Waals surface area contributed by atoms with Gasteiger partial charge in [0.1, 0.15) is 6.04 Å². The third kappa shape index (κ3) is 6.29. The molecule has 0 saturated heterocycles. The quantitative estimate of drug-likeness (QED) is 0.638. The van der Waals surface area contributed by atoms with Crippen molar-refractivity contribution in [1.29, 1.82) is 0 Å². The highest BCUT2D eigenvalue weighted by molar-refractivity contribution is 7.89. The molecule has 1 aromatic rings. The van der Waals surface area contributed by atoms with Gasteiger partial charge in [-0.15, -0.1) is 12.4 Å². The van der Waals surface area contributed by atoms with Crippen LogP contribution in [0.3, 0.4) is 0 Å². The van der Waals surface area contributed by atoms with Crippen LogP contribution >= 0.6 is 12.4 Å². The van der Waals surface area contributed by atoms with Crippen LogP contribution in [0.15, 0.2) is 29.2 Å². The van der Waals surface area contributed by atoms with Crippen molar-refractivity contribution in [2.75, 3.05) is 25.6 Å². The van der Waals surface area contributed by atoms with Crippen LogP contribution in [0.1, 0.15) is 13.3 Å².